The first kappa shape index (κ1) is 15.0. The summed E-state index contributed by atoms with van der Waals surface area (Å²) in [6.07, 6.45) is -2.56. The molecule has 1 fully saturated rings. The van der Waals surface area contributed by atoms with Crippen molar-refractivity contribution in [3.63, 3.8) is 0 Å². The maximum absolute atomic E-state index is 12.6. The van der Waals surface area contributed by atoms with Crippen molar-refractivity contribution >= 4 is 5.95 Å². The molecular formula is C12H16F3N3O2. The van der Waals surface area contributed by atoms with Gasteiger partial charge in [-0.25, -0.2) is 9.97 Å². The van der Waals surface area contributed by atoms with Gasteiger partial charge in [-0.15, -0.1) is 0 Å². The van der Waals surface area contributed by atoms with Gasteiger partial charge in [0, 0.05) is 45.8 Å². The SMILES string of the molecule is CN(CC1(O)CCOCC1)c1nccc(C(F)(F)F)n1. The summed E-state index contributed by atoms with van der Waals surface area (Å²) in [4.78, 5) is 8.74. The first-order valence-electron chi connectivity index (χ1n) is 6.22. The number of nitrogens with zero attached hydrogens (tertiary/aromatic N) is 3. The molecule has 0 aliphatic carbocycles. The average molecular weight is 291 g/mol. The number of likely N-dealkylation sites (N-methyl/N-ethyl adjacent to an activating group) is 1. The Labute approximate surface area is 114 Å². The Morgan fingerprint density at radius 3 is 2.65 bits per heavy atom. The Bertz CT molecular complexity index is 462. The molecule has 0 atom stereocenters. The maximum Gasteiger partial charge on any atom is 0.433 e. The molecule has 0 bridgehead atoms. The molecular weight excluding hydrogens is 275 g/mol. The fraction of sp³-hybridized carbons (Fsp3) is 0.667. The maximum atomic E-state index is 12.6. The van der Waals surface area contributed by atoms with Crippen LogP contribution in [0.5, 0.6) is 0 Å². The van der Waals surface area contributed by atoms with Gasteiger partial charge in [0.25, 0.3) is 0 Å². The number of ether oxygens (including phenoxy) is 1. The predicted molar refractivity (Wildman–Crippen MR) is 65.3 cm³/mol. The van der Waals surface area contributed by atoms with Crippen molar-refractivity contribution in [2.24, 2.45) is 0 Å². The van der Waals surface area contributed by atoms with E-state index in [9.17, 15) is 18.3 Å². The van der Waals surface area contributed by atoms with E-state index in [2.05, 4.69) is 9.97 Å². The van der Waals surface area contributed by atoms with Gasteiger partial charge in [-0.05, 0) is 6.07 Å². The Morgan fingerprint density at radius 2 is 2.05 bits per heavy atom. The predicted octanol–water partition coefficient (Wildman–Crippen LogP) is 1.47. The van der Waals surface area contributed by atoms with Crippen LogP contribution in [0.3, 0.4) is 0 Å². The number of aliphatic hydroxyl groups is 1. The summed E-state index contributed by atoms with van der Waals surface area (Å²) >= 11 is 0. The Hall–Kier alpha value is -1.41. The van der Waals surface area contributed by atoms with E-state index >= 15 is 0 Å². The summed E-state index contributed by atoms with van der Waals surface area (Å²) in [5, 5.41) is 10.3. The molecule has 1 aliphatic heterocycles. The van der Waals surface area contributed by atoms with Gasteiger partial charge in [-0.3, -0.25) is 0 Å². The van der Waals surface area contributed by atoms with E-state index in [4.69, 9.17) is 4.74 Å². The van der Waals surface area contributed by atoms with Crippen LogP contribution in [0.1, 0.15) is 18.5 Å². The topological polar surface area (TPSA) is 58.5 Å². The summed E-state index contributed by atoms with van der Waals surface area (Å²) in [5.74, 6) is -0.0558. The number of rotatable bonds is 3. The standard InChI is InChI=1S/C12H16F3N3O2/c1-18(8-11(19)3-6-20-7-4-11)10-16-5-2-9(17-10)12(13,14)15/h2,5,19H,3-4,6-8H2,1H3. The molecule has 1 saturated heterocycles. The number of halogens is 3. The van der Waals surface area contributed by atoms with Crippen LogP contribution in [0.15, 0.2) is 12.3 Å². The minimum Gasteiger partial charge on any atom is -0.388 e. The lowest BCUT2D eigenvalue weighted by Gasteiger charge is -2.35. The lowest BCUT2D eigenvalue weighted by atomic mass is 9.94. The second-order valence-electron chi connectivity index (χ2n) is 4.93. The van der Waals surface area contributed by atoms with Crippen molar-refractivity contribution in [2.75, 3.05) is 31.7 Å². The molecule has 0 radical (unpaired) electrons. The Kier molecular flexibility index (Phi) is 4.14. The van der Waals surface area contributed by atoms with Crippen molar-refractivity contribution in [1.29, 1.82) is 0 Å². The molecule has 0 saturated carbocycles. The molecule has 1 aromatic rings. The van der Waals surface area contributed by atoms with Gasteiger partial charge in [0.2, 0.25) is 5.95 Å². The van der Waals surface area contributed by atoms with Crippen molar-refractivity contribution in [2.45, 2.75) is 24.6 Å². The Morgan fingerprint density at radius 1 is 1.40 bits per heavy atom. The molecule has 112 valence electrons. The summed E-state index contributed by atoms with van der Waals surface area (Å²) in [5.41, 5.74) is -1.97. The Balaban J connectivity index is 2.11. The fourth-order valence-corrected chi connectivity index (χ4v) is 2.11. The monoisotopic (exact) mass is 291 g/mol. The minimum absolute atomic E-state index is 0.0558. The highest BCUT2D eigenvalue weighted by Gasteiger charge is 2.34. The third kappa shape index (κ3) is 3.57. The van der Waals surface area contributed by atoms with Crippen LogP contribution in [0, 0.1) is 0 Å². The molecule has 2 rings (SSSR count). The van der Waals surface area contributed by atoms with Crippen LogP contribution in [0.2, 0.25) is 0 Å². The quantitative estimate of drug-likeness (QED) is 0.914. The summed E-state index contributed by atoms with van der Waals surface area (Å²) in [6.45, 7) is 1.04. The van der Waals surface area contributed by atoms with Gasteiger partial charge in [-0.2, -0.15) is 13.2 Å². The number of anilines is 1. The van der Waals surface area contributed by atoms with E-state index in [0.29, 0.717) is 26.1 Å². The number of hydrogen-bond acceptors (Lipinski definition) is 5. The second-order valence-corrected chi connectivity index (χ2v) is 4.93. The number of hydrogen-bond donors (Lipinski definition) is 1. The van der Waals surface area contributed by atoms with Crippen LogP contribution in [-0.4, -0.2) is 47.5 Å². The van der Waals surface area contributed by atoms with Crippen LogP contribution >= 0.6 is 0 Å². The molecule has 1 aliphatic rings. The molecule has 20 heavy (non-hydrogen) atoms. The van der Waals surface area contributed by atoms with E-state index in [1.54, 1.807) is 7.05 Å². The lowest BCUT2D eigenvalue weighted by molar-refractivity contribution is -0.141. The molecule has 0 unspecified atom stereocenters. The molecule has 5 nitrogen and oxygen atoms in total. The van der Waals surface area contributed by atoms with Gasteiger partial charge in [-0.1, -0.05) is 0 Å². The van der Waals surface area contributed by atoms with Gasteiger partial charge < -0.3 is 14.7 Å². The van der Waals surface area contributed by atoms with E-state index in [1.165, 1.54) is 4.90 Å². The largest absolute Gasteiger partial charge is 0.433 e. The van der Waals surface area contributed by atoms with Crippen molar-refractivity contribution < 1.29 is 23.0 Å². The minimum atomic E-state index is -4.51. The third-order valence-corrected chi connectivity index (χ3v) is 3.23. The van der Waals surface area contributed by atoms with Crippen LogP contribution in [-0.2, 0) is 10.9 Å². The van der Waals surface area contributed by atoms with Gasteiger partial charge in [0.15, 0.2) is 0 Å². The molecule has 1 N–H and O–H groups in total. The zero-order valence-corrected chi connectivity index (χ0v) is 11.0. The zero-order valence-electron chi connectivity index (χ0n) is 11.0. The molecule has 0 aromatic carbocycles. The number of aromatic nitrogens is 2. The molecule has 2 heterocycles. The summed E-state index contributed by atoms with van der Waals surface area (Å²) in [6, 6.07) is 0.820. The van der Waals surface area contributed by atoms with E-state index in [1.807, 2.05) is 0 Å². The lowest BCUT2D eigenvalue weighted by Crippen LogP contribution is -2.46. The van der Waals surface area contributed by atoms with Gasteiger partial charge in [0.05, 0.1) is 5.60 Å². The summed E-state index contributed by atoms with van der Waals surface area (Å²) in [7, 11) is 1.56. The van der Waals surface area contributed by atoms with E-state index < -0.39 is 17.5 Å². The van der Waals surface area contributed by atoms with Crippen LogP contribution < -0.4 is 4.90 Å². The molecule has 8 heteroatoms. The first-order chi connectivity index (χ1) is 9.30. The van der Waals surface area contributed by atoms with E-state index in [0.717, 1.165) is 12.3 Å². The third-order valence-electron chi connectivity index (χ3n) is 3.23. The normalized spacial score (nSPS) is 18.9. The molecule has 0 amide bonds. The molecule has 1 aromatic heterocycles. The zero-order chi connectivity index (χ0) is 14.8. The fourth-order valence-electron chi connectivity index (χ4n) is 2.11. The van der Waals surface area contributed by atoms with Gasteiger partial charge >= 0.3 is 6.18 Å². The highest BCUT2D eigenvalue weighted by molar-refractivity contribution is 5.30. The smallest absolute Gasteiger partial charge is 0.388 e. The van der Waals surface area contributed by atoms with Crippen molar-refractivity contribution in [3.8, 4) is 0 Å². The highest BCUT2D eigenvalue weighted by atomic mass is 19.4. The van der Waals surface area contributed by atoms with Crippen molar-refractivity contribution in [1.82, 2.24) is 9.97 Å². The van der Waals surface area contributed by atoms with Crippen LogP contribution in [0.25, 0.3) is 0 Å². The van der Waals surface area contributed by atoms with E-state index in [-0.39, 0.29) is 12.5 Å². The van der Waals surface area contributed by atoms with Crippen molar-refractivity contribution in [3.05, 3.63) is 18.0 Å². The highest BCUT2D eigenvalue weighted by Crippen LogP contribution is 2.28. The molecule has 0 spiro atoms. The second kappa shape index (κ2) is 5.53. The average Bonchev–Trinajstić information content (AvgIpc) is 2.38. The van der Waals surface area contributed by atoms with Crippen LogP contribution in [0.4, 0.5) is 19.1 Å². The summed E-state index contributed by atoms with van der Waals surface area (Å²) < 4.78 is 42.9. The first-order valence-corrected chi connectivity index (χ1v) is 6.22. The number of alkyl halides is 3. The van der Waals surface area contributed by atoms with Gasteiger partial charge in [0.1, 0.15) is 5.69 Å².